The van der Waals surface area contributed by atoms with Crippen LogP contribution in [-0.2, 0) is 4.79 Å². The van der Waals surface area contributed by atoms with Crippen LogP contribution in [0.25, 0.3) is 0 Å². The van der Waals surface area contributed by atoms with E-state index in [-0.39, 0.29) is 11.5 Å². The van der Waals surface area contributed by atoms with Crippen LogP contribution in [0, 0.1) is 5.92 Å². The van der Waals surface area contributed by atoms with Gasteiger partial charge in [0.1, 0.15) is 0 Å². The molecule has 0 aromatic carbocycles. The van der Waals surface area contributed by atoms with E-state index in [1.54, 1.807) is 0 Å². The summed E-state index contributed by atoms with van der Waals surface area (Å²) >= 11 is 0. The zero-order valence-corrected chi connectivity index (χ0v) is 8.64. The van der Waals surface area contributed by atoms with Crippen LogP contribution < -0.4 is 5.11 Å². The third-order valence-corrected chi connectivity index (χ3v) is 2.40. The van der Waals surface area contributed by atoms with Crippen LogP contribution in [0.15, 0.2) is 12.2 Å². The van der Waals surface area contributed by atoms with E-state index >= 15 is 0 Å². The Morgan fingerprint density at radius 1 is 1.38 bits per heavy atom. The lowest BCUT2D eigenvalue weighted by atomic mass is 9.92. The summed E-state index contributed by atoms with van der Waals surface area (Å²) in [7, 11) is 0. The first-order valence-electron chi connectivity index (χ1n) is 5.03. The second kappa shape index (κ2) is 6.70. The summed E-state index contributed by atoms with van der Waals surface area (Å²) in [4.78, 5) is 10.5. The summed E-state index contributed by atoms with van der Waals surface area (Å²) in [5.74, 6) is -0.986. The number of rotatable bonds is 7. The lowest BCUT2D eigenvalue weighted by Gasteiger charge is -2.18. The Kier molecular flexibility index (Phi) is 6.29. The maximum Gasteiger partial charge on any atom is 0.0671 e. The van der Waals surface area contributed by atoms with Crippen LogP contribution in [0.2, 0.25) is 0 Å². The minimum atomic E-state index is -1.09. The Morgan fingerprint density at radius 2 is 2.00 bits per heavy atom. The number of unbranched alkanes of at least 4 members (excludes halogenated alkanes) is 2. The fourth-order valence-corrected chi connectivity index (χ4v) is 1.43. The Bertz CT molecular complexity index is 173. The molecule has 0 heterocycles. The molecule has 0 aromatic rings. The van der Waals surface area contributed by atoms with Gasteiger partial charge < -0.3 is 9.90 Å². The van der Waals surface area contributed by atoms with Gasteiger partial charge >= 0.3 is 0 Å². The van der Waals surface area contributed by atoms with Gasteiger partial charge in [0.2, 0.25) is 0 Å². The molecule has 0 saturated heterocycles. The molecular formula is C11H19O2-. The number of carbonyl (C=O) groups excluding carboxylic acids is 1. The molecule has 0 aliphatic carbocycles. The summed E-state index contributed by atoms with van der Waals surface area (Å²) in [6, 6.07) is 0. The predicted molar refractivity (Wildman–Crippen MR) is 52.1 cm³/mol. The first-order chi connectivity index (χ1) is 6.13. The third-order valence-electron chi connectivity index (χ3n) is 2.40. The average molecular weight is 183 g/mol. The van der Waals surface area contributed by atoms with Crippen LogP contribution in [-0.4, -0.2) is 5.97 Å². The number of hydrogen-bond acceptors (Lipinski definition) is 2. The topological polar surface area (TPSA) is 40.1 Å². The predicted octanol–water partition coefficient (Wildman–Crippen LogP) is 1.90. The highest BCUT2D eigenvalue weighted by Gasteiger charge is 2.10. The Labute approximate surface area is 80.7 Å². The zero-order chi connectivity index (χ0) is 10.3. The van der Waals surface area contributed by atoms with Crippen molar-refractivity contribution < 1.29 is 9.90 Å². The Morgan fingerprint density at radius 3 is 2.38 bits per heavy atom. The van der Waals surface area contributed by atoms with Gasteiger partial charge in [-0.2, -0.15) is 0 Å². The molecular weight excluding hydrogens is 164 g/mol. The lowest BCUT2D eigenvalue weighted by molar-refractivity contribution is -0.300. The van der Waals surface area contributed by atoms with Gasteiger partial charge in [-0.3, -0.25) is 0 Å². The van der Waals surface area contributed by atoms with E-state index in [2.05, 4.69) is 13.5 Å². The van der Waals surface area contributed by atoms with Crippen LogP contribution >= 0.6 is 0 Å². The number of carboxylic acid groups (broad SMARTS) is 1. The highest BCUT2D eigenvalue weighted by atomic mass is 16.4. The van der Waals surface area contributed by atoms with Crippen LogP contribution in [0.5, 0.6) is 0 Å². The van der Waals surface area contributed by atoms with E-state index in [0.29, 0.717) is 0 Å². The SMILES string of the molecule is C=C(C(=O)[O-])C(CC)CCCCC. The average Bonchev–Trinajstić information content (AvgIpc) is 2.11. The van der Waals surface area contributed by atoms with Crippen LogP contribution in [0.1, 0.15) is 46.0 Å². The molecule has 0 aliphatic rings. The first kappa shape index (κ1) is 12.2. The summed E-state index contributed by atoms with van der Waals surface area (Å²) in [6.07, 6.45) is 5.18. The molecule has 13 heavy (non-hydrogen) atoms. The molecule has 1 unspecified atom stereocenters. The van der Waals surface area contributed by atoms with Crippen molar-refractivity contribution in [1.82, 2.24) is 0 Å². The van der Waals surface area contributed by atoms with Gasteiger partial charge in [0.15, 0.2) is 0 Å². The summed E-state index contributed by atoms with van der Waals surface area (Å²) in [6.45, 7) is 7.67. The van der Waals surface area contributed by atoms with Crippen molar-refractivity contribution in [2.45, 2.75) is 46.0 Å². The zero-order valence-electron chi connectivity index (χ0n) is 8.64. The summed E-state index contributed by atoms with van der Waals surface area (Å²) in [5.41, 5.74) is 0.263. The molecule has 2 heteroatoms. The van der Waals surface area contributed by atoms with Gasteiger partial charge in [0.05, 0.1) is 5.97 Å². The normalized spacial score (nSPS) is 12.5. The first-order valence-corrected chi connectivity index (χ1v) is 5.03. The monoisotopic (exact) mass is 183 g/mol. The molecule has 0 N–H and O–H groups in total. The van der Waals surface area contributed by atoms with Gasteiger partial charge in [-0.25, -0.2) is 0 Å². The maximum absolute atomic E-state index is 10.5. The van der Waals surface area contributed by atoms with Gasteiger partial charge in [0.25, 0.3) is 0 Å². The van der Waals surface area contributed by atoms with Crippen molar-refractivity contribution in [3.05, 3.63) is 12.2 Å². The van der Waals surface area contributed by atoms with E-state index in [1.165, 1.54) is 0 Å². The maximum atomic E-state index is 10.5. The fourth-order valence-electron chi connectivity index (χ4n) is 1.43. The molecule has 0 spiro atoms. The van der Waals surface area contributed by atoms with Crippen molar-refractivity contribution in [2.75, 3.05) is 0 Å². The van der Waals surface area contributed by atoms with Crippen molar-refractivity contribution in [1.29, 1.82) is 0 Å². The quantitative estimate of drug-likeness (QED) is 0.446. The molecule has 0 rings (SSSR count). The van der Waals surface area contributed by atoms with Gasteiger partial charge in [-0.1, -0.05) is 39.7 Å². The minimum absolute atomic E-state index is 0.108. The molecule has 2 nitrogen and oxygen atoms in total. The highest BCUT2D eigenvalue weighted by molar-refractivity contribution is 5.84. The molecule has 0 aliphatic heterocycles. The second-order valence-corrected chi connectivity index (χ2v) is 3.41. The molecule has 0 fully saturated rings. The van der Waals surface area contributed by atoms with Crippen LogP contribution in [0.3, 0.4) is 0 Å². The Hall–Kier alpha value is -0.790. The molecule has 1 atom stereocenters. The van der Waals surface area contributed by atoms with Gasteiger partial charge in [-0.15, -0.1) is 0 Å². The van der Waals surface area contributed by atoms with E-state index in [4.69, 9.17) is 0 Å². The highest BCUT2D eigenvalue weighted by Crippen LogP contribution is 2.20. The fraction of sp³-hybridized carbons (Fsp3) is 0.727. The van der Waals surface area contributed by atoms with E-state index < -0.39 is 5.97 Å². The number of hydrogen-bond donors (Lipinski definition) is 0. The van der Waals surface area contributed by atoms with Crippen molar-refractivity contribution in [3.63, 3.8) is 0 Å². The van der Waals surface area contributed by atoms with Crippen molar-refractivity contribution >= 4 is 5.97 Å². The van der Waals surface area contributed by atoms with Gasteiger partial charge in [0, 0.05) is 0 Å². The number of aliphatic carboxylic acids is 1. The van der Waals surface area contributed by atoms with E-state index in [0.717, 1.165) is 32.1 Å². The smallest absolute Gasteiger partial charge is 0.0671 e. The standard InChI is InChI=1S/C11H20O2/c1-4-6-7-8-10(5-2)9(3)11(12)13/h10H,3-8H2,1-2H3,(H,12,13)/p-1. The molecule has 0 radical (unpaired) electrons. The molecule has 0 amide bonds. The van der Waals surface area contributed by atoms with E-state index in [9.17, 15) is 9.90 Å². The molecule has 0 bridgehead atoms. The molecule has 0 aromatic heterocycles. The van der Waals surface area contributed by atoms with Crippen molar-refractivity contribution in [3.8, 4) is 0 Å². The van der Waals surface area contributed by atoms with Gasteiger partial charge in [-0.05, 0) is 24.3 Å². The minimum Gasteiger partial charge on any atom is -0.545 e. The molecule has 76 valence electrons. The van der Waals surface area contributed by atoms with Crippen LogP contribution in [0.4, 0.5) is 0 Å². The summed E-state index contributed by atoms with van der Waals surface area (Å²) < 4.78 is 0. The number of carboxylic acids is 1. The lowest BCUT2D eigenvalue weighted by Crippen LogP contribution is -2.27. The largest absolute Gasteiger partial charge is 0.545 e. The van der Waals surface area contributed by atoms with Crippen molar-refractivity contribution in [2.24, 2.45) is 5.92 Å². The molecule has 0 saturated carbocycles. The number of carbonyl (C=O) groups is 1. The Balaban J connectivity index is 3.88. The summed E-state index contributed by atoms with van der Waals surface area (Å²) in [5, 5.41) is 10.5. The third kappa shape index (κ3) is 4.71. The van der Waals surface area contributed by atoms with E-state index in [1.807, 2.05) is 6.92 Å². The second-order valence-electron chi connectivity index (χ2n) is 3.41.